The maximum Gasteiger partial charge on any atom is 0.407 e. The second kappa shape index (κ2) is 13.1. The molecule has 2 heterocycles. The fourth-order valence-electron chi connectivity index (χ4n) is 5.74. The van der Waals surface area contributed by atoms with Crippen LogP contribution in [0.4, 0.5) is 4.79 Å². The Bertz CT molecular complexity index is 1750. The lowest BCUT2D eigenvalue weighted by atomic mass is 9.74. The predicted molar refractivity (Wildman–Crippen MR) is 171 cm³/mol. The Hall–Kier alpha value is -3.40. The van der Waals surface area contributed by atoms with Crippen LogP contribution in [0.3, 0.4) is 0 Å². The van der Waals surface area contributed by atoms with Gasteiger partial charge in [-0.25, -0.2) is 31.8 Å². The average Bonchev–Trinajstić information content (AvgIpc) is 3.42. The maximum atomic E-state index is 13.6. The van der Waals surface area contributed by atoms with Gasteiger partial charge in [0.1, 0.15) is 0 Å². The van der Waals surface area contributed by atoms with Gasteiger partial charge in [0.05, 0.1) is 16.2 Å². The van der Waals surface area contributed by atoms with Gasteiger partial charge in [0, 0.05) is 48.7 Å². The van der Waals surface area contributed by atoms with Gasteiger partial charge in [-0.15, -0.1) is 0 Å². The Morgan fingerprint density at radius 2 is 1.49 bits per heavy atom. The number of sulfonamides is 2. The average molecular weight is 696 g/mol. The highest BCUT2D eigenvalue weighted by Gasteiger charge is 2.50. The zero-order valence-electron chi connectivity index (χ0n) is 23.9. The number of guanidine groups is 1. The molecule has 0 spiro atoms. The molecule has 0 radical (unpaired) electrons. The van der Waals surface area contributed by atoms with Crippen molar-refractivity contribution in [3.8, 4) is 0 Å². The number of benzene rings is 3. The van der Waals surface area contributed by atoms with E-state index in [1.165, 1.54) is 38.5 Å². The standard InChI is InChI=1S/C29H32Cl2N6O6S2/c30-23-8-6-22(7-9-23)29(14-19-44(40,41)36-17-15-35(16-18-36)28(38)39)26(21-4-2-1-3-5-21)20-37(34-29)27(32)33-45(42,43)25-12-10-24(31)11-13-25/h1-13,26,34H,14-20H2,(H2,32,33)(H,38,39)/t26-,29?/m1/s1. The molecule has 240 valence electrons. The molecule has 3 aromatic carbocycles. The molecule has 3 aromatic rings. The summed E-state index contributed by atoms with van der Waals surface area (Å²) in [5, 5.41) is 20.3. The van der Waals surface area contributed by atoms with Gasteiger partial charge in [-0.1, -0.05) is 65.7 Å². The minimum Gasteiger partial charge on any atom is -0.465 e. The molecule has 0 aromatic heterocycles. The molecule has 4 N–H and O–H groups in total. The first kappa shape index (κ1) is 33.0. The normalized spacial score (nSPS) is 21.1. The van der Waals surface area contributed by atoms with Crippen LogP contribution in [0.5, 0.6) is 0 Å². The summed E-state index contributed by atoms with van der Waals surface area (Å²) < 4.78 is 57.2. The summed E-state index contributed by atoms with van der Waals surface area (Å²) in [5.74, 6) is -1.18. The van der Waals surface area contributed by atoms with Crippen LogP contribution in [0.25, 0.3) is 0 Å². The molecule has 2 aliphatic rings. The van der Waals surface area contributed by atoms with Crippen LogP contribution in [-0.2, 0) is 25.6 Å². The maximum absolute atomic E-state index is 13.6. The van der Waals surface area contributed by atoms with E-state index in [2.05, 4.69) is 10.1 Å². The molecule has 12 nitrogen and oxygen atoms in total. The first-order valence-corrected chi connectivity index (χ1v) is 17.8. The molecule has 2 atom stereocenters. The Morgan fingerprint density at radius 1 is 0.911 bits per heavy atom. The van der Waals surface area contributed by atoms with Crippen molar-refractivity contribution in [2.75, 3.05) is 38.5 Å². The Balaban J connectivity index is 1.48. The molecule has 0 bridgehead atoms. The molecule has 0 saturated carbocycles. The van der Waals surface area contributed by atoms with Gasteiger partial charge in [0.15, 0.2) is 0 Å². The molecule has 16 heteroatoms. The number of nitrogens with one attached hydrogen (secondary N) is 3. The SMILES string of the molecule is N=C(NS(=O)(=O)c1ccc(Cl)cc1)N1C[C@H](c2ccccc2)C(CCS(=O)(=O)N2CCN(C(=O)O)CC2)(c2ccc(Cl)cc2)N1. The van der Waals surface area contributed by atoms with Crippen molar-refractivity contribution in [3.05, 3.63) is 100 Å². The van der Waals surface area contributed by atoms with Gasteiger partial charge in [-0.05, 0) is 53.9 Å². The first-order valence-electron chi connectivity index (χ1n) is 14.0. The first-order chi connectivity index (χ1) is 21.3. The van der Waals surface area contributed by atoms with Crippen molar-refractivity contribution in [2.45, 2.75) is 22.8 Å². The molecule has 45 heavy (non-hydrogen) atoms. The van der Waals surface area contributed by atoms with Gasteiger partial charge in [-0.2, -0.15) is 4.31 Å². The molecule has 0 aliphatic carbocycles. The van der Waals surface area contributed by atoms with Crippen LogP contribution < -0.4 is 10.1 Å². The van der Waals surface area contributed by atoms with E-state index in [4.69, 9.17) is 28.6 Å². The van der Waals surface area contributed by atoms with E-state index in [1.54, 1.807) is 24.3 Å². The highest BCUT2D eigenvalue weighted by Crippen LogP contribution is 2.45. The van der Waals surface area contributed by atoms with Crippen molar-refractivity contribution in [1.82, 2.24) is 24.4 Å². The van der Waals surface area contributed by atoms with Gasteiger partial charge in [-0.3, -0.25) is 10.4 Å². The fourth-order valence-corrected chi connectivity index (χ4v) is 8.53. The van der Waals surface area contributed by atoms with Crippen LogP contribution in [-0.4, -0.2) is 86.7 Å². The number of carboxylic acid groups (broad SMARTS) is 1. The second-order valence-corrected chi connectivity index (χ2v) is 15.5. The summed E-state index contributed by atoms with van der Waals surface area (Å²) >= 11 is 12.1. The van der Waals surface area contributed by atoms with E-state index >= 15 is 0 Å². The third kappa shape index (κ3) is 7.21. The van der Waals surface area contributed by atoms with Crippen LogP contribution in [0, 0.1) is 5.41 Å². The largest absolute Gasteiger partial charge is 0.465 e. The van der Waals surface area contributed by atoms with E-state index in [-0.39, 0.29) is 49.8 Å². The molecular formula is C29H32Cl2N6O6S2. The number of rotatable bonds is 8. The quantitative estimate of drug-likeness (QED) is 0.205. The smallest absolute Gasteiger partial charge is 0.407 e. The molecule has 2 aliphatic heterocycles. The van der Waals surface area contributed by atoms with Crippen molar-refractivity contribution < 1.29 is 26.7 Å². The van der Waals surface area contributed by atoms with Crippen LogP contribution in [0.1, 0.15) is 23.5 Å². The Morgan fingerprint density at radius 3 is 2.07 bits per heavy atom. The molecule has 1 unspecified atom stereocenters. The lowest BCUT2D eigenvalue weighted by Crippen LogP contribution is -2.53. The lowest BCUT2D eigenvalue weighted by Gasteiger charge is -2.37. The molecule has 1 amide bonds. The zero-order valence-corrected chi connectivity index (χ0v) is 27.1. The van der Waals surface area contributed by atoms with E-state index < -0.39 is 43.6 Å². The van der Waals surface area contributed by atoms with Crippen LogP contribution >= 0.6 is 23.2 Å². The minimum atomic E-state index is -4.14. The van der Waals surface area contributed by atoms with Gasteiger partial charge in [0.2, 0.25) is 16.0 Å². The van der Waals surface area contributed by atoms with Gasteiger partial charge < -0.3 is 10.0 Å². The highest BCUT2D eigenvalue weighted by molar-refractivity contribution is 7.90. The lowest BCUT2D eigenvalue weighted by molar-refractivity contribution is 0.126. The number of carbonyl (C=O) groups is 1. The summed E-state index contributed by atoms with van der Waals surface area (Å²) in [5.41, 5.74) is 3.75. The van der Waals surface area contributed by atoms with Gasteiger partial charge >= 0.3 is 6.09 Å². The van der Waals surface area contributed by atoms with Crippen LogP contribution in [0.2, 0.25) is 10.0 Å². The van der Waals surface area contributed by atoms with Crippen molar-refractivity contribution >= 4 is 55.3 Å². The van der Waals surface area contributed by atoms with E-state index in [0.29, 0.717) is 15.6 Å². The summed E-state index contributed by atoms with van der Waals surface area (Å²) in [6.07, 6.45) is -1.05. The van der Waals surface area contributed by atoms with Gasteiger partial charge in [0.25, 0.3) is 10.0 Å². The number of hydrazine groups is 1. The summed E-state index contributed by atoms with van der Waals surface area (Å²) in [4.78, 5) is 12.4. The molecule has 5 rings (SSSR count). The van der Waals surface area contributed by atoms with Crippen LogP contribution in [0.15, 0.2) is 83.8 Å². The number of amides is 1. The van der Waals surface area contributed by atoms with Crippen molar-refractivity contribution in [3.63, 3.8) is 0 Å². The van der Waals surface area contributed by atoms with E-state index in [9.17, 15) is 26.7 Å². The van der Waals surface area contributed by atoms with E-state index in [1.807, 2.05) is 30.3 Å². The molecule has 2 saturated heterocycles. The molecule has 2 fully saturated rings. The predicted octanol–water partition coefficient (Wildman–Crippen LogP) is 3.72. The minimum absolute atomic E-state index is 0.0430. The van der Waals surface area contributed by atoms with Crippen molar-refractivity contribution in [2.24, 2.45) is 0 Å². The number of hydrogen-bond acceptors (Lipinski definition) is 7. The second-order valence-electron chi connectivity index (χ2n) is 10.8. The topological polar surface area (TPSA) is 163 Å². The monoisotopic (exact) mass is 694 g/mol. The third-order valence-electron chi connectivity index (χ3n) is 8.14. The van der Waals surface area contributed by atoms with E-state index in [0.717, 1.165) is 5.56 Å². The number of halogens is 2. The van der Waals surface area contributed by atoms with Crippen molar-refractivity contribution in [1.29, 1.82) is 5.41 Å². The summed E-state index contributed by atoms with van der Waals surface area (Å²) in [6.45, 7) is 0.357. The Labute approximate surface area is 272 Å². The number of hydrogen-bond donors (Lipinski definition) is 4. The highest BCUT2D eigenvalue weighted by atomic mass is 35.5. The molecular weight excluding hydrogens is 663 g/mol. The summed E-state index contributed by atoms with van der Waals surface area (Å²) in [7, 11) is -7.98. The number of piperazine rings is 1. The number of nitrogens with zero attached hydrogens (tertiary/aromatic N) is 3. The fraction of sp³-hybridized carbons (Fsp3) is 0.310. The summed E-state index contributed by atoms with van der Waals surface area (Å²) in [6, 6.07) is 21.9. The third-order valence-corrected chi connectivity index (χ3v) is 11.9. The Kier molecular flexibility index (Phi) is 9.63. The zero-order chi connectivity index (χ0) is 32.4.